The van der Waals surface area contributed by atoms with Crippen LogP contribution in [0.15, 0.2) is 54.6 Å². The number of fused-ring (bicyclic) bond motifs is 1. The first-order valence-electron chi connectivity index (χ1n) is 7.01. The van der Waals surface area contributed by atoms with Gasteiger partial charge in [0.25, 0.3) is 0 Å². The number of aryl methyl sites for hydroxylation is 1. The second kappa shape index (κ2) is 5.85. The molecule has 1 aromatic heterocycles. The van der Waals surface area contributed by atoms with Crippen molar-refractivity contribution < 1.29 is 9.53 Å². The number of hydrogen-bond donors (Lipinski definition) is 1. The number of carbonyl (C=O) groups is 1. The first-order chi connectivity index (χ1) is 10.6. The minimum absolute atomic E-state index is 0.462. The largest absolute Gasteiger partial charge is 0.489 e. The molecular formula is C18H16N2O2. The second-order valence-corrected chi connectivity index (χ2v) is 5.13. The average molecular weight is 292 g/mol. The molecule has 2 aromatic carbocycles. The van der Waals surface area contributed by atoms with Crippen LogP contribution in [0.1, 0.15) is 21.6 Å². The van der Waals surface area contributed by atoms with Gasteiger partial charge in [-0.3, -0.25) is 9.78 Å². The summed E-state index contributed by atoms with van der Waals surface area (Å²) < 4.78 is 5.79. The highest BCUT2D eigenvalue weighted by molar-refractivity contribution is 6.05. The quantitative estimate of drug-likeness (QED) is 0.803. The van der Waals surface area contributed by atoms with E-state index in [2.05, 4.69) is 4.98 Å². The number of amides is 1. The first kappa shape index (κ1) is 14.1. The fourth-order valence-corrected chi connectivity index (χ4v) is 2.37. The molecule has 4 nitrogen and oxygen atoms in total. The first-order valence-corrected chi connectivity index (χ1v) is 7.01. The van der Waals surface area contributed by atoms with E-state index in [1.54, 1.807) is 6.07 Å². The molecule has 1 amide bonds. The Morgan fingerprint density at radius 3 is 2.64 bits per heavy atom. The van der Waals surface area contributed by atoms with Crippen molar-refractivity contribution in [2.45, 2.75) is 13.5 Å². The standard InChI is InChI=1S/C18H16N2O2/c1-12-9-16(18(19)21)15-10-14(7-8-17(15)20-12)22-11-13-5-3-2-4-6-13/h2-10H,11H2,1H3,(H2,19,21). The van der Waals surface area contributed by atoms with Gasteiger partial charge in [-0.15, -0.1) is 0 Å². The number of ether oxygens (including phenoxy) is 1. The van der Waals surface area contributed by atoms with Crippen LogP contribution in [-0.4, -0.2) is 10.9 Å². The summed E-state index contributed by atoms with van der Waals surface area (Å²) in [6.45, 7) is 2.31. The van der Waals surface area contributed by atoms with Crippen molar-refractivity contribution in [3.05, 3.63) is 71.4 Å². The van der Waals surface area contributed by atoms with E-state index >= 15 is 0 Å². The number of primary amides is 1. The molecule has 4 heteroatoms. The van der Waals surface area contributed by atoms with E-state index < -0.39 is 5.91 Å². The lowest BCUT2D eigenvalue weighted by atomic mass is 10.1. The molecule has 3 rings (SSSR count). The molecule has 0 aliphatic rings. The van der Waals surface area contributed by atoms with E-state index in [-0.39, 0.29) is 0 Å². The zero-order chi connectivity index (χ0) is 15.5. The topological polar surface area (TPSA) is 65.2 Å². The summed E-state index contributed by atoms with van der Waals surface area (Å²) in [7, 11) is 0. The predicted octanol–water partition coefficient (Wildman–Crippen LogP) is 3.22. The molecule has 1 heterocycles. The number of rotatable bonds is 4. The van der Waals surface area contributed by atoms with Crippen molar-refractivity contribution in [2.24, 2.45) is 5.73 Å². The zero-order valence-corrected chi connectivity index (χ0v) is 12.2. The van der Waals surface area contributed by atoms with Crippen LogP contribution in [0.4, 0.5) is 0 Å². The maximum absolute atomic E-state index is 11.6. The van der Waals surface area contributed by atoms with Gasteiger partial charge in [0.1, 0.15) is 12.4 Å². The third-order valence-corrected chi connectivity index (χ3v) is 3.42. The lowest BCUT2D eigenvalue weighted by Gasteiger charge is -2.09. The summed E-state index contributed by atoms with van der Waals surface area (Å²) >= 11 is 0. The molecule has 22 heavy (non-hydrogen) atoms. The number of aromatic nitrogens is 1. The highest BCUT2D eigenvalue weighted by Crippen LogP contribution is 2.24. The summed E-state index contributed by atoms with van der Waals surface area (Å²) in [6, 6.07) is 17.1. The minimum Gasteiger partial charge on any atom is -0.489 e. The van der Waals surface area contributed by atoms with Gasteiger partial charge >= 0.3 is 0 Å². The highest BCUT2D eigenvalue weighted by Gasteiger charge is 2.10. The monoisotopic (exact) mass is 292 g/mol. The molecule has 0 unspecified atom stereocenters. The van der Waals surface area contributed by atoms with E-state index in [1.165, 1.54) is 0 Å². The summed E-state index contributed by atoms with van der Waals surface area (Å²) in [5, 5.41) is 0.712. The number of benzene rings is 2. The van der Waals surface area contributed by atoms with E-state index in [0.717, 1.165) is 16.8 Å². The van der Waals surface area contributed by atoms with Crippen molar-refractivity contribution in [3.8, 4) is 5.75 Å². The molecule has 0 saturated heterocycles. The third kappa shape index (κ3) is 2.91. The van der Waals surface area contributed by atoms with Crippen LogP contribution >= 0.6 is 0 Å². The van der Waals surface area contributed by atoms with Gasteiger partial charge in [-0.05, 0) is 36.8 Å². The molecule has 0 aliphatic carbocycles. The Hall–Kier alpha value is -2.88. The zero-order valence-electron chi connectivity index (χ0n) is 12.2. The molecular weight excluding hydrogens is 276 g/mol. The minimum atomic E-state index is -0.462. The number of carbonyl (C=O) groups excluding carboxylic acids is 1. The number of hydrogen-bond acceptors (Lipinski definition) is 3. The predicted molar refractivity (Wildman–Crippen MR) is 85.8 cm³/mol. The van der Waals surface area contributed by atoms with E-state index in [1.807, 2.05) is 55.5 Å². The van der Waals surface area contributed by atoms with Gasteiger partial charge in [0, 0.05) is 11.1 Å². The Bertz CT molecular complexity index is 829. The Kier molecular flexibility index (Phi) is 3.74. The van der Waals surface area contributed by atoms with Crippen LogP contribution in [0.25, 0.3) is 10.9 Å². The van der Waals surface area contributed by atoms with Crippen LogP contribution < -0.4 is 10.5 Å². The molecule has 2 N–H and O–H groups in total. The smallest absolute Gasteiger partial charge is 0.249 e. The van der Waals surface area contributed by atoms with Gasteiger partial charge in [0.05, 0.1) is 11.1 Å². The Labute approximate surface area is 128 Å². The number of pyridine rings is 1. The summed E-state index contributed by atoms with van der Waals surface area (Å²) in [5.41, 5.74) is 8.50. The summed E-state index contributed by atoms with van der Waals surface area (Å²) in [5.74, 6) is 0.222. The van der Waals surface area contributed by atoms with E-state index in [9.17, 15) is 4.79 Å². The van der Waals surface area contributed by atoms with E-state index in [0.29, 0.717) is 23.3 Å². The highest BCUT2D eigenvalue weighted by atomic mass is 16.5. The molecule has 0 spiro atoms. The maximum Gasteiger partial charge on any atom is 0.249 e. The molecule has 0 fully saturated rings. The number of nitrogens with two attached hydrogens (primary N) is 1. The molecule has 0 bridgehead atoms. The molecule has 3 aromatic rings. The van der Waals surface area contributed by atoms with Gasteiger partial charge in [0.2, 0.25) is 5.91 Å². The molecule has 110 valence electrons. The fraction of sp³-hybridized carbons (Fsp3) is 0.111. The molecule has 0 radical (unpaired) electrons. The lowest BCUT2D eigenvalue weighted by Crippen LogP contribution is -2.12. The van der Waals surface area contributed by atoms with Crippen LogP contribution in [0.3, 0.4) is 0 Å². The van der Waals surface area contributed by atoms with Gasteiger partial charge < -0.3 is 10.5 Å². The summed E-state index contributed by atoms with van der Waals surface area (Å²) in [6.07, 6.45) is 0. The number of nitrogens with zero attached hydrogens (tertiary/aromatic N) is 1. The van der Waals surface area contributed by atoms with E-state index in [4.69, 9.17) is 10.5 Å². The Morgan fingerprint density at radius 1 is 1.14 bits per heavy atom. The molecule has 0 aliphatic heterocycles. The van der Waals surface area contributed by atoms with Gasteiger partial charge in [-0.1, -0.05) is 30.3 Å². The second-order valence-electron chi connectivity index (χ2n) is 5.13. The normalized spacial score (nSPS) is 10.6. The van der Waals surface area contributed by atoms with Crippen LogP contribution in [0, 0.1) is 6.92 Å². The Balaban J connectivity index is 1.93. The van der Waals surface area contributed by atoms with Gasteiger partial charge in [-0.25, -0.2) is 0 Å². The SMILES string of the molecule is Cc1cc(C(N)=O)c2cc(OCc3ccccc3)ccc2n1. The lowest BCUT2D eigenvalue weighted by molar-refractivity contribution is 0.100. The van der Waals surface area contributed by atoms with Crippen molar-refractivity contribution >= 4 is 16.8 Å². The molecule has 0 atom stereocenters. The van der Waals surface area contributed by atoms with Crippen LogP contribution in [0.5, 0.6) is 5.75 Å². The van der Waals surface area contributed by atoms with Crippen LogP contribution in [0.2, 0.25) is 0 Å². The average Bonchev–Trinajstić information content (AvgIpc) is 2.53. The van der Waals surface area contributed by atoms with Crippen LogP contribution in [-0.2, 0) is 6.61 Å². The van der Waals surface area contributed by atoms with Crippen molar-refractivity contribution in [3.63, 3.8) is 0 Å². The van der Waals surface area contributed by atoms with Crippen molar-refractivity contribution in [1.82, 2.24) is 4.98 Å². The Morgan fingerprint density at radius 2 is 1.91 bits per heavy atom. The fourth-order valence-electron chi connectivity index (χ4n) is 2.37. The van der Waals surface area contributed by atoms with Gasteiger partial charge in [0.15, 0.2) is 0 Å². The third-order valence-electron chi connectivity index (χ3n) is 3.42. The van der Waals surface area contributed by atoms with Crippen molar-refractivity contribution in [2.75, 3.05) is 0 Å². The van der Waals surface area contributed by atoms with Gasteiger partial charge in [-0.2, -0.15) is 0 Å². The van der Waals surface area contributed by atoms with Crippen molar-refractivity contribution in [1.29, 1.82) is 0 Å². The molecule has 0 saturated carbocycles. The maximum atomic E-state index is 11.6. The summed E-state index contributed by atoms with van der Waals surface area (Å²) in [4.78, 5) is 16.0.